The molecule has 0 spiro atoms. The Labute approximate surface area is 174 Å². The number of carbonyl (C=O) groups is 1. The second-order valence-corrected chi connectivity index (χ2v) is 7.20. The van der Waals surface area contributed by atoms with Crippen LogP contribution < -0.4 is 0 Å². The van der Waals surface area contributed by atoms with Crippen molar-refractivity contribution in [1.82, 2.24) is 10.1 Å². The lowest BCUT2D eigenvalue weighted by Crippen LogP contribution is -2.30. The topological polar surface area (TPSA) is 46.3 Å². The molecule has 0 unspecified atom stereocenters. The monoisotopic (exact) mass is 400 g/mol. The Morgan fingerprint density at radius 1 is 0.933 bits per heavy atom. The molecule has 0 atom stereocenters. The molecule has 0 radical (unpaired) electrons. The van der Waals surface area contributed by atoms with Gasteiger partial charge >= 0.3 is 0 Å². The summed E-state index contributed by atoms with van der Waals surface area (Å²) in [5.41, 5.74) is 4.11. The first-order valence-electron chi connectivity index (χ1n) is 9.70. The standard InChI is InChI=1S/C25H21FN2O2/c1-18-7-9-21(10-8-18)25(29)28(16-19-5-3-2-4-6-19)17-23-15-24(30-27-23)20-11-13-22(26)14-12-20/h2-15H,16-17H2,1H3. The quantitative estimate of drug-likeness (QED) is 0.421. The van der Waals surface area contributed by atoms with E-state index in [2.05, 4.69) is 5.16 Å². The molecule has 0 N–H and O–H groups in total. The van der Waals surface area contributed by atoms with E-state index in [1.807, 2.05) is 61.5 Å². The Morgan fingerprint density at radius 2 is 1.63 bits per heavy atom. The number of hydrogen-bond acceptors (Lipinski definition) is 3. The fraction of sp³-hybridized carbons (Fsp3) is 0.120. The Balaban J connectivity index is 1.58. The van der Waals surface area contributed by atoms with Crippen LogP contribution in [0, 0.1) is 12.7 Å². The zero-order chi connectivity index (χ0) is 20.9. The van der Waals surface area contributed by atoms with Gasteiger partial charge in [-0.05, 0) is 48.9 Å². The van der Waals surface area contributed by atoms with Gasteiger partial charge in [0.15, 0.2) is 5.76 Å². The molecule has 1 heterocycles. The van der Waals surface area contributed by atoms with Gasteiger partial charge in [0.2, 0.25) is 0 Å². The van der Waals surface area contributed by atoms with E-state index in [-0.39, 0.29) is 11.7 Å². The first-order valence-corrected chi connectivity index (χ1v) is 9.70. The molecule has 30 heavy (non-hydrogen) atoms. The molecule has 4 aromatic rings. The molecule has 3 aromatic carbocycles. The maximum absolute atomic E-state index is 13.2. The van der Waals surface area contributed by atoms with Gasteiger partial charge in [0.05, 0.1) is 6.54 Å². The number of amides is 1. The molecule has 0 aliphatic carbocycles. The van der Waals surface area contributed by atoms with Crippen LogP contribution in [0.25, 0.3) is 11.3 Å². The van der Waals surface area contributed by atoms with Crippen LogP contribution in [0.4, 0.5) is 4.39 Å². The van der Waals surface area contributed by atoms with E-state index in [0.29, 0.717) is 30.1 Å². The number of aryl methyl sites for hydroxylation is 1. The SMILES string of the molecule is Cc1ccc(C(=O)N(Cc2ccccc2)Cc2cc(-c3ccc(F)cc3)on2)cc1. The van der Waals surface area contributed by atoms with Gasteiger partial charge in [0.25, 0.3) is 5.91 Å². The molecule has 0 aliphatic rings. The zero-order valence-corrected chi connectivity index (χ0v) is 16.6. The Hall–Kier alpha value is -3.73. The lowest BCUT2D eigenvalue weighted by Gasteiger charge is -2.22. The van der Waals surface area contributed by atoms with Crippen LogP contribution in [0.2, 0.25) is 0 Å². The summed E-state index contributed by atoms with van der Waals surface area (Å²) >= 11 is 0. The largest absolute Gasteiger partial charge is 0.356 e. The van der Waals surface area contributed by atoms with E-state index in [1.54, 1.807) is 23.1 Å². The number of halogens is 1. The molecule has 150 valence electrons. The molecule has 0 fully saturated rings. The highest BCUT2D eigenvalue weighted by Gasteiger charge is 2.19. The smallest absolute Gasteiger partial charge is 0.254 e. The Kier molecular flexibility index (Phi) is 5.70. The van der Waals surface area contributed by atoms with Crippen LogP contribution in [0.3, 0.4) is 0 Å². The second-order valence-electron chi connectivity index (χ2n) is 7.20. The Morgan fingerprint density at radius 3 is 2.33 bits per heavy atom. The van der Waals surface area contributed by atoms with Gasteiger partial charge in [-0.3, -0.25) is 4.79 Å². The van der Waals surface area contributed by atoms with Crippen molar-refractivity contribution in [2.75, 3.05) is 0 Å². The van der Waals surface area contributed by atoms with E-state index in [4.69, 9.17) is 4.52 Å². The molecule has 4 rings (SSSR count). The van der Waals surface area contributed by atoms with Crippen molar-refractivity contribution in [2.45, 2.75) is 20.0 Å². The lowest BCUT2D eigenvalue weighted by molar-refractivity contribution is 0.0726. The number of carbonyl (C=O) groups excluding carboxylic acids is 1. The van der Waals surface area contributed by atoms with Crippen LogP contribution in [0.1, 0.15) is 27.2 Å². The van der Waals surface area contributed by atoms with Crippen LogP contribution in [-0.2, 0) is 13.1 Å². The lowest BCUT2D eigenvalue weighted by atomic mass is 10.1. The second kappa shape index (κ2) is 8.74. The third-order valence-electron chi connectivity index (χ3n) is 4.84. The van der Waals surface area contributed by atoms with E-state index in [0.717, 1.165) is 16.7 Å². The van der Waals surface area contributed by atoms with Gasteiger partial charge < -0.3 is 9.42 Å². The summed E-state index contributed by atoms with van der Waals surface area (Å²) in [6, 6.07) is 25.2. The zero-order valence-electron chi connectivity index (χ0n) is 16.6. The van der Waals surface area contributed by atoms with Crippen molar-refractivity contribution in [3.63, 3.8) is 0 Å². The molecule has 1 amide bonds. The average molecular weight is 400 g/mol. The van der Waals surface area contributed by atoms with E-state index < -0.39 is 0 Å². The molecule has 0 saturated carbocycles. The first-order chi connectivity index (χ1) is 14.6. The minimum absolute atomic E-state index is 0.0785. The van der Waals surface area contributed by atoms with E-state index >= 15 is 0 Å². The summed E-state index contributed by atoms with van der Waals surface area (Å²) in [6.07, 6.45) is 0. The third-order valence-corrected chi connectivity index (χ3v) is 4.84. The van der Waals surface area contributed by atoms with Crippen LogP contribution in [0.15, 0.2) is 89.5 Å². The number of benzene rings is 3. The highest BCUT2D eigenvalue weighted by atomic mass is 19.1. The van der Waals surface area contributed by atoms with Gasteiger partial charge in [0.1, 0.15) is 11.5 Å². The Bertz CT molecular complexity index is 1120. The van der Waals surface area contributed by atoms with Gasteiger partial charge in [-0.2, -0.15) is 0 Å². The minimum Gasteiger partial charge on any atom is -0.356 e. The van der Waals surface area contributed by atoms with Gasteiger partial charge in [0, 0.05) is 23.7 Å². The van der Waals surface area contributed by atoms with E-state index in [1.165, 1.54) is 12.1 Å². The first kappa shape index (κ1) is 19.6. The molecule has 4 nitrogen and oxygen atoms in total. The van der Waals surface area contributed by atoms with Gasteiger partial charge in [-0.25, -0.2) is 4.39 Å². The fourth-order valence-electron chi connectivity index (χ4n) is 3.21. The van der Waals surface area contributed by atoms with Crippen molar-refractivity contribution in [1.29, 1.82) is 0 Å². The molecule has 1 aromatic heterocycles. The molecule has 5 heteroatoms. The summed E-state index contributed by atoms with van der Waals surface area (Å²) in [7, 11) is 0. The summed E-state index contributed by atoms with van der Waals surface area (Å²) in [5.74, 6) is 0.147. The average Bonchev–Trinajstić information content (AvgIpc) is 3.23. The third kappa shape index (κ3) is 4.63. The molecule has 0 saturated heterocycles. The van der Waals surface area contributed by atoms with Gasteiger partial charge in [-0.15, -0.1) is 0 Å². The maximum Gasteiger partial charge on any atom is 0.254 e. The van der Waals surface area contributed by atoms with Crippen LogP contribution >= 0.6 is 0 Å². The normalized spacial score (nSPS) is 10.7. The number of rotatable bonds is 6. The maximum atomic E-state index is 13.2. The number of hydrogen-bond donors (Lipinski definition) is 0. The predicted molar refractivity (Wildman–Crippen MR) is 113 cm³/mol. The van der Waals surface area contributed by atoms with Crippen molar-refractivity contribution >= 4 is 5.91 Å². The summed E-state index contributed by atoms with van der Waals surface area (Å²) in [5, 5.41) is 4.12. The summed E-state index contributed by atoms with van der Waals surface area (Å²) in [4.78, 5) is 14.9. The molecule has 0 bridgehead atoms. The highest BCUT2D eigenvalue weighted by Crippen LogP contribution is 2.22. The van der Waals surface area contributed by atoms with Crippen LogP contribution in [-0.4, -0.2) is 16.0 Å². The number of aromatic nitrogens is 1. The van der Waals surface area contributed by atoms with Crippen molar-refractivity contribution in [2.24, 2.45) is 0 Å². The predicted octanol–water partition coefficient (Wildman–Crippen LogP) is 5.63. The van der Waals surface area contributed by atoms with E-state index in [9.17, 15) is 9.18 Å². The van der Waals surface area contributed by atoms with Gasteiger partial charge in [-0.1, -0.05) is 53.2 Å². The van der Waals surface area contributed by atoms with Crippen molar-refractivity contribution in [3.05, 3.63) is 113 Å². The molecular weight excluding hydrogens is 379 g/mol. The highest BCUT2D eigenvalue weighted by molar-refractivity contribution is 5.94. The molecular formula is C25H21FN2O2. The fourth-order valence-corrected chi connectivity index (χ4v) is 3.21. The molecule has 0 aliphatic heterocycles. The number of nitrogens with zero attached hydrogens (tertiary/aromatic N) is 2. The van der Waals surface area contributed by atoms with Crippen molar-refractivity contribution < 1.29 is 13.7 Å². The summed E-state index contributed by atoms with van der Waals surface area (Å²) < 4.78 is 18.6. The van der Waals surface area contributed by atoms with Crippen LogP contribution in [0.5, 0.6) is 0 Å². The minimum atomic E-state index is -0.309. The van der Waals surface area contributed by atoms with Crippen molar-refractivity contribution in [3.8, 4) is 11.3 Å². The summed E-state index contributed by atoms with van der Waals surface area (Å²) in [6.45, 7) is 2.74.